The zero-order valence-corrected chi connectivity index (χ0v) is 16.4. The lowest BCUT2D eigenvalue weighted by Crippen LogP contribution is -2.22. The van der Waals surface area contributed by atoms with E-state index >= 15 is 0 Å². The summed E-state index contributed by atoms with van der Waals surface area (Å²) in [5.74, 6) is 2.08. The zero-order chi connectivity index (χ0) is 19.5. The summed E-state index contributed by atoms with van der Waals surface area (Å²) < 4.78 is 6.81. The van der Waals surface area contributed by atoms with Crippen LogP contribution < -0.4 is 10.3 Å². The van der Waals surface area contributed by atoms with Crippen molar-refractivity contribution in [2.45, 2.75) is 17.8 Å². The van der Waals surface area contributed by atoms with Crippen LogP contribution in [0.3, 0.4) is 0 Å². The molecule has 5 nitrogen and oxygen atoms in total. The highest BCUT2D eigenvalue weighted by Gasteiger charge is 2.14. The van der Waals surface area contributed by atoms with Crippen LogP contribution in [-0.4, -0.2) is 21.6 Å². The molecule has 6 heteroatoms. The van der Waals surface area contributed by atoms with Crippen LogP contribution >= 0.6 is 11.8 Å². The van der Waals surface area contributed by atoms with E-state index in [1.54, 1.807) is 23.9 Å². The van der Waals surface area contributed by atoms with Crippen LogP contribution in [-0.2, 0) is 5.75 Å². The number of hydrogen-bond donors (Lipinski definition) is 0. The number of thioether (sulfide) groups is 1. The maximum Gasteiger partial charge on any atom is 0.267 e. The highest BCUT2D eigenvalue weighted by atomic mass is 32.2. The van der Waals surface area contributed by atoms with E-state index in [1.165, 1.54) is 11.8 Å². The molecular weight excluding hydrogens is 370 g/mol. The fraction of sp³-hybridized carbons (Fsp3) is 0.136. The zero-order valence-electron chi connectivity index (χ0n) is 15.6. The van der Waals surface area contributed by atoms with E-state index < -0.39 is 0 Å². The summed E-state index contributed by atoms with van der Waals surface area (Å²) in [7, 11) is 1.65. The van der Waals surface area contributed by atoms with Crippen molar-refractivity contribution in [1.82, 2.24) is 14.5 Å². The summed E-state index contributed by atoms with van der Waals surface area (Å²) in [5.41, 5.74) is 2.74. The lowest BCUT2D eigenvalue weighted by molar-refractivity contribution is 0.414. The number of aryl methyl sites for hydroxylation is 1. The van der Waals surface area contributed by atoms with Crippen LogP contribution in [0.25, 0.3) is 16.7 Å². The van der Waals surface area contributed by atoms with Gasteiger partial charge in [0.05, 0.1) is 18.0 Å². The Kier molecular flexibility index (Phi) is 5.12. The Balaban J connectivity index is 1.79. The van der Waals surface area contributed by atoms with Crippen molar-refractivity contribution in [3.05, 3.63) is 88.3 Å². The van der Waals surface area contributed by atoms with Gasteiger partial charge in [-0.2, -0.15) is 0 Å². The van der Waals surface area contributed by atoms with Gasteiger partial charge in [-0.25, -0.2) is 14.5 Å². The molecule has 2 aromatic carbocycles. The summed E-state index contributed by atoms with van der Waals surface area (Å²) in [5, 5.41) is 1.21. The minimum atomic E-state index is -0.110. The second-order valence-electron chi connectivity index (χ2n) is 6.38. The molecule has 0 saturated carbocycles. The normalized spacial score (nSPS) is 10.9. The molecule has 2 heterocycles. The first-order chi connectivity index (χ1) is 13.7. The first-order valence-corrected chi connectivity index (χ1v) is 9.85. The molecule has 0 unspecified atom stereocenters. The Morgan fingerprint density at radius 2 is 1.86 bits per heavy atom. The van der Waals surface area contributed by atoms with Gasteiger partial charge in [0.25, 0.3) is 5.56 Å². The highest BCUT2D eigenvalue weighted by Crippen LogP contribution is 2.25. The Labute approximate surface area is 167 Å². The third-order valence-electron chi connectivity index (χ3n) is 4.40. The Hall–Kier alpha value is -3.12. The number of methoxy groups -OCH3 is 1. The largest absolute Gasteiger partial charge is 0.497 e. The van der Waals surface area contributed by atoms with E-state index in [0.29, 0.717) is 27.6 Å². The van der Waals surface area contributed by atoms with E-state index in [-0.39, 0.29) is 5.56 Å². The van der Waals surface area contributed by atoms with Gasteiger partial charge in [-0.15, -0.1) is 0 Å². The number of para-hydroxylation sites is 1. The summed E-state index contributed by atoms with van der Waals surface area (Å²) in [6, 6.07) is 19.1. The molecule has 0 radical (unpaired) electrons. The second kappa shape index (κ2) is 7.86. The van der Waals surface area contributed by atoms with Crippen molar-refractivity contribution in [1.29, 1.82) is 0 Å². The molecule has 0 bridgehead atoms. The third kappa shape index (κ3) is 3.64. The second-order valence-corrected chi connectivity index (χ2v) is 7.32. The van der Waals surface area contributed by atoms with Crippen molar-refractivity contribution in [2.75, 3.05) is 7.11 Å². The van der Waals surface area contributed by atoms with Gasteiger partial charge < -0.3 is 4.74 Å². The van der Waals surface area contributed by atoms with E-state index in [2.05, 4.69) is 4.98 Å². The molecule has 0 atom stereocenters. The molecular formula is C22H19N3O2S. The molecule has 4 rings (SSSR count). The van der Waals surface area contributed by atoms with Crippen LogP contribution in [0.4, 0.5) is 0 Å². The van der Waals surface area contributed by atoms with Crippen molar-refractivity contribution >= 4 is 22.7 Å². The molecule has 2 aromatic heterocycles. The number of ether oxygens (including phenoxy) is 1. The van der Waals surface area contributed by atoms with Gasteiger partial charge in [0.2, 0.25) is 0 Å². The predicted molar refractivity (Wildman–Crippen MR) is 112 cm³/mol. The number of rotatable bonds is 5. The summed E-state index contributed by atoms with van der Waals surface area (Å²) in [6.45, 7) is 1.98. The van der Waals surface area contributed by atoms with Gasteiger partial charge in [-0.1, -0.05) is 36.0 Å². The maximum absolute atomic E-state index is 13.2. The van der Waals surface area contributed by atoms with Gasteiger partial charge >= 0.3 is 0 Å². The molecule has 0 fully saturated rings. The average molecular weight is 389 g/mol. The smallest absolute Gasteiger partial charge is 0.267 e. The number of nitrogens with zero attached hydrogens (tertiary/aromatic N) is 3. The van der Waals surface area contributed by atoms with E-state index in [0.717, 1.165) is 16.9 Å². The SMILES string of the molecule is COc1ccc(CSc2nc3ccccc3c(=O)n2-c2cc(C)ccn2)cc1. The molecule has 0 amide bonds. The Morgan fingerprint density at radius 1 is 1.07 bits per heavy atom. The highest BCUT2D eigenvalue weighted by molar-refractivity contribution is 7.98. The standard InChI is InChI=1S/C22H19N3O2S/c1-15-11-12-23-20(13-15)25-21(26)18-5-3-4-6-19(18)24-22(25)28-14-16-7-9-17(27-2)10-8-16/h3-13H,14H2,1-2H3. The summed E-state index contributed by atoms with van der Waals surface area (Å²) in [6.07, 6.45) is 1.71. The van der Waals surface area contributed by atoms with Gasteiger partial charge in [0.1, 0.15) is 11.6 Å². The molecule has 0 aliphatic rings. The number of aromatic nitrogens is 3. The topological polar surface area (TPSA) is 57.0 Å². The minimum absolute atomic E-state index is 0.110. The van der Waals surface area contributed by atoms with E-state index in [9.17, 15) is 4.79 Å². The molecule has 0 aliphatic carbocycles. The average Bonchev–Trinajstić information content (AvgIpc) is 2.73. The lowest BCUT2D eigenvalue weighted by Gasteiger charge is -2.13. The van der Waals surface area contributed by atoms with Crippen molar-refractivity contribution in [2.24, 2.45) is 0 Å². The molecule has 28 heavy (non-hydrogen) atoms. The van der Waals surface area contributed by atoms with E-state index in [1.807, 2.05) is 61.5 Å². The van der Waals surface area contributed by atoms with Crippen molar-refractivity contribution in [3.63, 3.8) is 0 Å². The van der Waals surface area contributed by atoms with Crippen LogP contribution in [0.1, 0.15) is 11.1 Å². The van der Waals surface area contributed by atoms with Crippen molar-refractivity contribution < 1.29 is 4.74 Å². The van der Waals surface area contributed by atoms with Gasteiger partial charge in [-0.05, 0) is 54.4 Å². The van der Waals surface area contributed by atoms with Crippen LogP contribution in [0.2, 0.25) is 0 Å². The number of pyridine rings is 1. The third-order valence-corrected chi connectivity index (χ3v) is 5.41. The molecule has 4 aromatic rings. The molecule has 140 valence electrons. The fourth-order valence-corrected chi connectivity index (χ4v) is 3.88. The van der Waals surface area contributed by atoms with Crippen LogP contribution in [0.5, 0.6) is 5.75 Å². The molecule has 0 spiro atoms. The molecule has 0 saturated heterocycles. The monoisotopic (exact) mass is 389 g/mol. The number of benzene rings is 2. The Bertz CT molecular complexity index is 1190. The first kappa shape index (κ1) is 18.3. The number of fused-ring (bicyclic) bond motifs is 1. The van der Waals surface area contributed by atoms with Gasteiger partial charge in [0.15, 0.2) is 5.16 Å². The Morgan fingerprint density at radius 3 is 2.61 bits per heavy atom. The van der Waals surface area contributed by atoms with Crippen LogP contribution in [0, 0.1) is 6.92 Å². The van der Waals surface area contributed by atoms with Crippen molar-refractivity contribution in [3.8, 4) is 11.6 Å². The predicted octanol–water partition coefficient (Wildman–Crippen LogP) is 4.39. The molecule has 0 N–H and O–H groups in total. The minimum Gasteiger partial charge on any atom is -0.497 e. The first-order valence-electron chi connectivity index (χ1n) is 8.86. The quantitative estimate of drug-likeness (QED) is 0.374. The van der Waals surface area contributed by atoms with Crippen LogP contribution in [0.15, 0.2) is 76.8 Å². The molecule has 0 aliphatic heterocycles. The van der Waals surface area contributed by atoms with Gasteiger partial charge in [0, 0.05) is 11.9 Å². The lowest BCUT2D eigenvalue weighted by atomic mass is 10.2. The summed E-state index contributed by atoms with van der Waals surface area (Å²) >= 11 is 1.51. The summed E-state index contributed by atoms with van der Waals surface area (Å²) in [4.78, 5) is 22.4. The fourth-order valence-electron chi connectivity index (χ4n) is 2.92. The number of hydrogen-bond acceptors (Lipinski definition) is 5. The maximum atomic E-state index is 13.2. The van der Waals surface area contributed by atoms with E-state index in [4.69, 9.17) is 9.72 Å². The van der Waals surface area contributed by atoms with Gasteiger partial charge in [-0.3, -0.25) is 4.79 Å².